The number of likely N-dealkylation sites (N-methyl/N-ethyl adjacent to an activating group) is 1. The minimum Gasteiger partial charge on any atom is -0.480 e. The fourth-order valence-corrected chi connectivity index (χ4v) is 0.107. The molecular formula is C5H11NO2. The second kappa shape index (κ2) is 2.13. The van der Waals surface area contributed by atoms with Crippen molar-refractivity contribution in [1.29, 1.82) is 0 Å². The molecule has 0 atom stereocenters. The maximum atomic E-state index is 10.2. The summed E-state index contributed by atoms with van der Waals surface area (Å²) in [7, 11) is 1.62. The Morgan fingerprint density at radius 2 is 2.00 bits per heavy atom. The number of nitrogens with one attached hydrogen (secondary N) is 1. The lowest BCUT2D eigenvalue weighted by atomic mass is 10.1. The van der Waals surface area contributed by atoms with Gasteiger partial charge in [0.2, 0.25) is 0 Å². The molecule has 0 unspecified atom stereocenters. The van der Waals surface area contributed by atoms with E-state index in [2.05, 4.69) is 5.32 Å². The second-order valence-electron chi connectivity index (χ2n) is 2.18. The first-order valence-electron chi connectivity index (χ1n) is 2.43. The molecule has 8 heavy (non-hydrogen) atoms. The molecule has 0 rings (SSSR count). The Kier molecular flexibility index (Phi) is 1.98. The fourth-order valence-electron chi connectivity index (χ4n) is 0.107. The lowest BCUT2D eigenvalue weighted by molar-refractivity contribution is -0.143. The van der Waals surface area contributed by atoms with Crippen LogP contribution in [0.5, 0.6) is 0 Å². The van der Waals surface area contributed by atoms with Crippen molar-refractivity contribution in [1.82, 2.24) is 5.32 Å². The first kappa shape index (κ1) is 7.43. The maximum Gasteiger partial charge on any atom is 0.323 e. The summed E-state index contributed by atoms with van der Waals surface area (Å²) in [6, 6.07) is 0. The molecule has 0 spiro atoms. The molecular weight excluding hydrogens is 105 g/mol. The van der Waals surface area contributed by atoms with Crippen molar-refractivity contribution in [3.63, 3.8) is 0 Å². The zero-order valence-corrected chi connectivity index (χ0v) is 5.36. The van der Waals surface area contributed by atoms with Gasteiger partial charge in [0, 0.05) is 0 Å². The van der Waals surface area contributed by atoms with Crippen LogP contribution in [0, 0.1) is 0 Å². The standard InChI is InChI=1S/C5H11NO2/c1-5(2,6-3)4(7)8/h6H,1-3H3,(H,7,8)/i3-1. The van der Waals surface area contributed by atoms with Gasteiger partial charge in [-0.2, -0.15) is 0 Å². The number of carboxylic acids is 1. The summed E-state index contributed by atoms with van der Waals surface area (Å²) in [5, 5.41) is 11.0. The average molecular weight is 116 g/mol. The van der Waals surface area contributed by atoms with E-state index in [0.717, 1.165) is 0 Å². The zero-order valence-electron chi connectivity index (χ0n) is 5.36. The molecule has 0 aromatic rings. The van der Waals surface area contributed by atoms with Gasteiger partial charge < -0.3 is 10.4 Å². The van der Waals surface area contributed by atoms with Gasteiger partial charge in [-0.15, -0.1) is 0 Å². The number of carboxylic acid groups (broad SMARTS) is 1. The number of rotatable bonds is 2. The number of aliphatic carboxylic acids is 1. The largest absolute Gasteiger partial charge is 0.480 e. The highest BCUT2D eigenvalue weighted by atomic mass is 16.4. The minimum absolute atomic E-state index is 0.792. The molecule has 0 aliphatic carbocycles. The van der Waals surface area contributed by atoms with Crippen molar-refractivity contribution in [2.75, 3.05) is 7.05 Å². The molecule has 0 fully saturated rings. The summed E-state index contributed by atoms with van der Waals surface area (Å²) in [5.74, 6) is -0.833. The van der Waals surface area contributed by atoms with Crippen LogP contribution in [-0.4, -0.2) is 23.7 Å². The minimum atomic E-state index is -0.833. The third-order valence-corrected chi connectivity index (χ3v) is 1.16. The molecule has 0 saturated heterocycles. The highest BCUT2D eigenvalue weighted by Crippen LogP contribution is 1.98. The third-order valence-electron chi connectivity index (χ3n) is 1.16. The van der Waals surface area contributed by atoms with Gasteiger partial charge in [0.05, 0.1) is 0 Å². The van der Waals surface area contributed by atoms with Crippen molar-refractivity contribution in [2.24, 2.45) is 0 Å². The normalized spacial score (nSPS) is 11.4. The molecule has 3 nitrogen and oxygen atoms in total. The molecule has 0 saturated carbocycles. The van der Waals surface area contributed by atoms with E-state index in [9.17, 15) is 4.79 Å². The Labute approximate surface area is 48.7 Å². The van der Waals surface area contributed by atoms with Crippen LogP contribution in [0.2, 0.25) is 0 Å². The maximum absolute atomic E-state index is 10.2. The van der Waals surface area contributed by atoms with Crippen LogP contribution in [0.3, 0.4) is 0 Å². The molecule has 0 aromatic heterocycles. The number of hydrogen-bond acceptors (Lipinski definition) is 2. The van der Waals surface area contributed by atoms with Gasteiger partial charge in [0.15, 0.2) is 0 Å². The van der Waals surface area contributed by atoms with Crippen molar-refractivity contribution < 1.29 is 9.90 Å². The summed E-state index contributed by atoms with van der Waals surface area (Å²) in [5.41, 5.74) is -0.792. The van der Waals surface area contributed by atoms with Gasteiger partial charge in [0.1, 0.15) is 5.54 Å². The topological polar surface area (TPSA) is 49.3 Å². The van der Waals surface area contributed by atoms with Crippen LogP contribution in [-0.2, 0) is 4.79 Å². The Morgan fingerprint density at radius 3 is 2.00 bits per heavy atom. The lowest BCUT2D eigenvalue weighted by Crippen LogP contribution is -2.44. The SMILES string of the molecule is CC(C)(N[11CH3])C(=O)O. The molecule has 3 heteroatoms. The monoisotopic (exact) mass is 116 g/mol. The molecule has 0 aromatic carbocycles. The van der Waals surface area contributed by atoms with E-state index in [-0.39, 0.29) is 0 Å². The Hall–Kier alpha value is -0.570. The molecule has 0 bridgehead atoms. The summed E-state index contributed by atoms with van der Waals surface area (Å²) in [6.07, 6.45) is 0. The van der Waals surface area contributed by atoms with Gasteiger partial charge in [-0.1, -0.05) is 0 Å². The number of hydrogen-bond donors (Lipinski definition) is 2. The van der Waals surface area contributed by atoms with E-state index in [0.29, 0.717) is 0 Å². The van der Waals surface area contributed by atoms with Crippen molar-refractivity contribution in [3.8, 4) is 0 Å². The van der Waals surface area contributed by atoms with Crippen molar-refractivity contribution in [2.45, 2.75) is 19.4 Å². The predicted molar refractivity (Wildman–Crippen MR) is 30.8 cm³/mol. The average Bonchev–Trinajstić information content (AvgIpc) is 1.67. The second-order valence-corrected chi connectivity index (χ2v) is 2.18. The quantitative estimate of drug-likeness (QED) is 0.536. The Balaban J connectivity index is 3.91. The molecule has 0 heterocycles. The highest BCUT2D eigenvalue weighted by molar-refractivity contribution is 5.77. The van der Waals surface area contributed by atoms with E-state index >= 15 is 0 Å². The van der Waals surface area contributed by atoms with E-state index in [1.54, 1.807) is 20.9 Å². The van der Waals surface area contributed by atoms with Gasteiger partial charge in [-0.05, 0) is 20.9 Å². The molecule has 2 N–H and O–H groups in total. The predicted octanol–water partition coefficient (Wildman–Crippen LogP) is 0.0690. The molecule has 0 aliphatic heterocycles. The fraction of sp³-hybridized carbons (Fsp3) is 0.800. The van der Waals surface area contributed by atoms with Crippen LogP contribution in [0.15, 0.2) is 0 Å². The van der Waals surface area contributed by atoms with Gasteiger partial charge in [-0.3, -0.25) is 4.79 Å². The lowest BCUT2D eigenvalue weighted by Gasteiger charge is -2.16. The highest BCUT2D eigenvalue weighted by Gasteiger charge is 2.23. The molecule has 0 amide bonds. The Bertz CT molecular complexity index is 98.6. The number of carbonyl (C=O) groups is 1. The van der Waals surface area contributed by atoms with E-state index in [1.165, 1.54) is 0 Å². The van der Waals surface area contributed by atoms with Crippen molar-refractivity contribution in [3.05, 3.63) is 0 Å². The van der Waals surface area contributed by atoms with E-state index in [1.807, 2.05) is 0 Å². The molecule has 0 aliphatic rings. The Morgan fingerprint density at radius 1 is 1.62 bits per heavy atom. The zero-order chi connectivity index (χ0) is 6.78. The van der Waals surface area contributed by atoms with Crippen molar-refractivity contribution >= 4 is 5.97 Å². The van der Waals surface area contributed by atoms with Crippen LogP contribution >= 0.6 is 0 Å². The van der Waals surface area contributed by atoms with E-state index in [4.69, 9.17) is 5.11 Å². The van der Waals surface area contributed by atoms with Crippen LogP contribution < -0.4 is 5.32 Å². The van der Waals surface area contributed by atoms with Crippen LogP contribution in [0.1, 0.15) is 13.8 Å². The van der Waals surface area contributed by atoms with Crippen LogP contribution in [0.4, 0.5) is 0 Å². The van der Waals surface area contributed by atoms with Gasteiger partial charge in [0.25, 0.3) is 0 Å². The summed E-state index contributed by atoms with van der Waals surface area (Å²) >= 11 is 0. The summed E-state index contributed by atoms with van der Waals surface area (Å²) < 4.78 is 0. The van der Waals surface area contributed by atoms with Gasteiger partial charge >= 0.3 is 5.97 Å². The summed E-state index contributed by atoms with van der Waals surface area (Å²) in [4.78, 5) is 10.2. The summed E-state index contributed by atoms with van der Waals surface area (Å²) in [6.45, 7) is 3.21. The van der Waals surface area contributed by atoms with Crippen LogP contribution in [0.25, 0.3) is 0 Å². The molecule has 0 radical (unpaired) electrons. The smallest absolute Gasteiger partial charge is 0.323 e. The van der Waals surface area contributed by atoms with E-state index < -0.39 is 11.5 Å². The first-order chi connectivity index (χ1) is 3.50. The van der Waals surface area contributed by atoms with Gasteiger partial charge in [-0.25, -0.2) is 0 Å². The molecule has 48 valence electrons. The first-order valence-corrected chi connectivity index (χ1v) is 2.43. The third kappa shape index (κ3) is 1.50.